The van der Waals surface area contributed by atoms with E-state index in [0.29, 0.717) is 4.48 Å². The van der Waals surface area contributed by atoms with E-state index in [0.717, 1.165) is 16.8 Å². The van der Waals surface area contributed by atoms with Gasteiger partial charge in [-0.25, -0.2) is 13.7 Å². The molecule has 1 aromatic heterocycles. The Kier molecular flexibility index (Phi) is 8.17. The summed E-state index contributed by atoms with van der Waals surface area (Å²) >= 11 is 0. The second-order valence-electron chi connectivity index (χ2n) is 7.70. The SMILES string of the molecule is C[N+](C)(C)CCOP(=O)([O-])OP(=O)(O)OC[C@H]1O[C@@H](n2ccc(=O)[nH]c2=O)[C@H](O)[C@@H]1O. The number of nitrogens with zero attached hydrogens (tertiary/aromatic N) is 2. The van der Waals surface area contributed by atoms with Gasteiger partial charge in [0.25, 0.3) is 13.4 Å². The normalized spacial score (nSPS) is 28.2. The van der Waals surface area contributed by atoms with Crippen LogP contribution < -0.4 is 16.1 Å². The van der Waals surface area contributed by atoms with Crippen LogP contribution >= 0.6 is 15.6 Å². The van der Waals surface area contributed by atoms with Gasteiger partial charge in [-0.3, -0.25) is 23.4 Å². The molecule has 1 aliphatic heterocycles. The number of aliphatic hydroxyl groups is 2. The predicted octanol–water partition coefficient (Wildman–Crippen LogP) is -2.52. The number of nitrogens with one attached hydrogen (secondary N) is 1. The Morgan fingerprint density at radius 1 is 1.23 bits per heavy atom. The first-order valence-electron chi connectivity index (χ1n) is 8.88. The number of phosphoric ester groups is 2. The van der Waals surface area contributed by atoms with Crippen LogP contribution in [0.1, 0.15) is 6.23 Å². The zero-order valence-corrected chi connectivity index (χ0v) is 18.7. The zero-order chi connectivity index (χ0) is 23.6. The number of quaternary nitrogens is 1. The van der Waals surface area contributed by atoms with Crippen molar-refractivity contribution in [2.75, 3.05) is 40.9 Å². The van der Waals surface area contributed by atoms with Crippen LogP contribution in [0, 0.1) is 0 Å². The van der Waals surface area contributed by atoms with Crippen molar-refractivity contribution in [3.63, 3.8) is 0 Å². The van der Waals surface area contributed by atoms with Gasteiger partial charge in [-0.05, 0) is 0 Å². The predicted molar refractivity (Wildman–Crippen MR) is 101 cm³/mol. The molecule has 1 fully saturated rings. The largest absolute Gasteiger partial charge is 0.756 e. The minimum absolute atomic E-state index is 0.262. The minimum atomic E-state index is -5.20. The first-order valence-corrected chi connectivity index (χ1v) is 11.8. The molecule has 178 valence electrons. The molecule has 15 nitrogen and oxygen atoms in total. The van der Waals surface area contributed by atoms with Crippen molar-refractivity contribution in [2.24, 2.45) is 0 Å². The number of phosphoric acid groups is 2. The summed E-state index contributed by atoms with van der Waals surface area (Å²) in [7, 11) is -5.07. The van der Waals surface area contributed by atoms with Crippen molar-refractivity contribution < 1.29 is 51.7 Å². The fraction of sp³-hybridized carbons (Fsp3) is 0.714. The van der Waals surface area contributed by atoms with Crippen LogP contribution in [0.15, 0.2) is 21.9 Å². The lowest BCUT2D eigenvalue weighted by molar-refractivity contribution is -0.870. The maximum atomic E-state index is 11.9. The summed E-state index contributed by atoms with van der Waals surface area (Å²) in [5, 5.41) is 20.2. The number of rotatable bonds is 10. The third kappa shape index (κ3) is 7.70. The molecule has 0 bridgehead atoms. The summed E-state index contributed by atoms with van der Waals surface area (Å²) in [6.45, 7) is -0.923. The number of hydrogen-bond donors (Lipinski definition) is 4. The second kappa shape index (κ2) is 9.73. The van der Waals surface area contributed by atoms with Gasteiger partial charge in [0.2, 0.25) is 0 Å². The first-order chi connectivity index (χ1) is 14.1. The number of aliphatic hydroxyl groups excluding tert-OH is 2. The maximum absolute atomic E-state index is 11.9. The summed E-state index contributed by atoms with van der Waals surface area (Å²) in [4.78, 5) is 46.3. The molecule has 2 unspecified atom stereocenters. The first kappa shape index (κ1) is 26.0. The molecule has 17 heteroatoms. The molecule has 6 atom stereocenters. The average Bonchev–Trinajstić information content (AvgIpc) is 2.86. The van der Waals surface area contributed by atoms with Crippen molar-refractivity contribution in [1.29, 1.82) is 0 Å². The van der Waals surface area contributed by atoms with E-state index in [2.05, 4.69) is 13.4 Å². The molecular formula is C14H25N3O12P2. The van der Waals surface area contributed by atoms with Gasteiger partial charge >= 0.3 is 13.5 Å². The van der Waals surface area contributed by atoms with Crippen LogP contribution in [0.2, 0.25) is 0 Å². The van der Waals surface area contributed by atoms with Crippen LogP contribution in [0.3, 0.4) is 0 Å². The monoisotopic (exact) mass is 489 g/mol. The van der Waals surface area contributed by atoms with Gasteiger partial charge in [0.15, 0.2) is 6.23 Å². The van der Waals surface area contributed by atoms with Crippen LogP contribution in [0.4, 0.5) is 0 Å². The lowest BCUT2D eigenvalue weighted by Crippen LogP contribution is -2.37. The zero-order valence-electron chi connectivity index (χ0n) is 16.9. The Morgan fingerprint density at radius 3 is 2.45 bits per heavy atom. The van der Waals surface area contributed by atoms with E-state index in [1.54, 1.807) is 21.1 Å². The number of hydrogen-bond acceptors (Lipinski definition) is 11. The Labute approximate surface area is 176 Å². The number of aromatic amines is 1. The topological polar surface area (TPSA) is 210 Å². The van der Waals surface area contributed by atoms with Gasteiger partial charge < -0.3 is 33.7 Å². The van der Waals surface area contributed by atoms with Crippen molar-refractivity contribution in [3.8, 4) is 0 Å². The fourth-order valence-electron chi connectivity index (χ4n) is 2.49. The average molecular weight is 489 g/mol. The summed E-state index contributed by atoms with van der Waals surface area (Å²) in [6.07, 6.45) is -5.21. The van der Waals surface area contributed by atoms with Crippen molar-refractivity contribution in [3.05, 3.63) is 33.1 Å². The Hall–Kier alpha value is -1.22. The van der Waals surface area contributed by atoms with Crippen molar-refractivity contribution in [1.82, 2.24) is 9.55 Å². The van der Waals surface area contributed by atoms with Crippen molar-refractivity contribution >= 4 is 15.6 Å². The van der Waals surface area contributed by atoms with E-state index < -0.39 is 58.0 Å². The number of ether oxygens (including phenoxy) is 1. The van der Waals surface area contributed by atoms with E-state index in [1.165, 1.54) is 0 Å². The Bertz CT molecular complexity index is 972. The molecule has 2 heterocycles. The fourth-order valence-corrected chi connectivity index (χ4v) is 4.52. The molecule has 0 amide bonds. The number of H-pyrrole nitrogens is 1. The smallest absolute Gasteiger partial charge is 0.478 e. The van der Waals surface area contributed by atoms with Crippen LogP contribution in [0.5, 0.6) is 0 Å². The van der Waals surface area contributed by atoms with E-state index in [9.17, 15) is 38.7 Å². The highest BCUT2D eigenvalue weighted by Crippen LogP contribution is 2.58. The van der Waals surface area contributed by atoms with Gasteiger partial charge in [-0.1, -0.05) is 0 Å². The highest BCUT2D eigenvalue weighted by atomic mass is 31.3. The molecule has 1 aliphatic rings. The van der Waals surface area contributed by atoms with E-state index >= 15 is 0 Å². The Balaban J connectivity index is 1.96. The van der Waals surface area contributed by atoms with E-state index in [4.69, 9.17) is 4.74 Å². The van der Waals surface area contributed by atoms with Gasteiger partial charge in [-0.2, -0.15) is 0 Å². The van der Waals surface area contributed by atoms with E-state index in [-0.39, 0.29) is 13.2 Å². The summed E-state index contributed by atoms with van der Waals surface area (Å²) in [6, 6.07) is 0.980. The van der Waals surface area contributed by atoms with Crippen LogP contribution in [0.25, 0.3) is 0 Å². The van der Waals surface area contributed by atoms with Gasteiger partial charge in [0.1, 0.15) is 31.5 Å². The van der Waals surface area contributed by atoms with Gasteiger partial charge in [0, 0.05) is 12.3 Å². The molecular weight excluding hydrogens is 464 g/mol. The highest BCUT2D eigenvalue weighted by molar-refractivity contribution is 7.60. The van der Waals surface area contributed by atoms with Crippen molar-refractivity contribution in [2.45, 2.75) is 24.5 Å². The lowest BCUT2D eigenvalue weighted by atomic mass is 10.1. The van der Waals surface area contributed by atoms with E-state index in [1.807, 2.05) is 4.98 Å². The highest BCUT2D eigenvalue weighted by Gasteiger charge is 2.45. The lowest BCUT2D eigenvalue weighted by Gasteiger charge is -2.28. The molecule has 0 radical (unpaired) electrons. The maximum Gasteiger partial charge on any atom is 0.478 e. The molecule has 0 aromatic carbocycles. The molecule has 2 rings (SSSR count). The minimum Gasteiger partial charge on any atom is -0.756 e. The summed E-state index contributed by atoms with van der Waals surface area (Å²) < 4.78 is 43.2. The molecule has 4 N–H and O–H groups in total. The van der Waals surface area contributed by atoms with Crippen LogP contribution in [-0.2, 0) is 27.2 Å². The van der Waals surface area contributed by atoms with Crippen LogP contribution in [-0.4, -0.2) is 88.4 Å². The molecule has 31 heavy (non-hydrogen) atoms. The standard InChI is InChI=1S/C14H25N3O12P2/c1-17(2,3)6-7-26-30(22,23)29-31(24,25)27-8-9-11(19)12(20)13(28-9)16-5-4-10(18)15-14(16)21/h4-5,9,11-13,19-20H,6-8H2,1-3H3,(H2-,15,18,21,22,23,24,25)/t9-,11-,12-,13-/m1/s1. The second-order valence-corrected chi connectivity index (χ2v) is 10.7. The molecule has 0 saturated carbocycles. The molecule has 1 saturated heterocycles. The molecule has 0 aliphatic carbocycles. The summed E-state index contributed by atoms with van der Waals surface area (Å²) in [5.41, 5.74) is -1.63. The molecule has 0 spiro atoms. The third-order valence-electron chi connectivity index (χ3n) is 4.08. The quantitative estimate of drug-likeness (QED) is 0.198. The Morgan fingerprint density at radius 2 is 1.87 bits per heavy atom. The third-order valence-corrected chi connectivity index (χ3v) is 6.68. The summed E-state index contributed by atoms with van der Waals surface area (Å²) in [5.74, 6) is 0. The van der Waals surface area contributed by atoms with Gasteiger partial charge in [0.05, 0.1) is 27.7 Å². The van der Waals surface area contributed by atoms with Gasteiger partial charge in [-0.15, -0.1) is 0 Å². The number of aromatic nitrogens is 2. The number of likely N-dealkylation sites (N-methyl/N-ethyl adjacent to an activating group) is 1. The molecule has 1 aromatic rings.